The molecule has 1 heterocycles. The standard InChI is InChI=1S/C22H26FN5O2.HI/c1-24-22(26-12-11-25-20(29)13-16-7-9-17(23)10-8-16)27-18-14-21(30)28(15-18)19-5-3-2-4-6-19;/h2-10,18H,11-15H2,1H3,(H,25,29)(H2,24,26,27);1H. The van der Waals surface area contributed by atoms with E-state index in [2.05, 4.69) is 20.9 Å². The third-order valence-corrected chi connectivity index (χ3v) is 4.77. The van der Waals surface area contributed by atoms with Crippen LogP contribution in [0.1, 0.15) is 12.0 Å². The average molecular weight is 539 g/mol. The summed E-state index contributed by atoms with van der Waals surface area (Å²) in [7, 11) is 1.66. The first-order valence-corrected chi connectivity index (χ1v) is 9.89. The fraction of sp³-hybridized carbons (Fsp3) is 0.318. The van der Waals surface area contributed by atoms with Crippen molar-refractivity contribution < 1.29 is 14.0 Å². The zero-order chi connectivity index (χ0) is 21.3. The number of nitrogens with zero attached hydrogens (tertiary/aromatic N) is 2. The Bertz CT molecular complexity index is 893. The summed E-state index contributed by atoms with van der Waals surface area (Å²) in [4.78, 5) is 30.2. The Morgan fingerprint density at radius 3 is 2.45 bits per heavy atom. The van der Waals surface area contributed by atoms with Crippen LogP contribution < -0.4 is 20.9 Å². The highest BCUT2D eigenvalue weighted by Gasteiger charge is 2.30. The van der Waals surface area contributed by atoms with Crippen molar-refractivity contribution in [2.45, 2.75) is 18.9 Å². The summed E-state index contributed by atoms with van der Waals surface area (Å²) in [5, 5.41) is 9.21. The second-order valence-corrected chi connectivity index (χ2v) is 7.04. The van der Waals surface area contributed by atoms with Crippen LogP contribution in [0.25, 0.3) is 0 Å². The Kier molecular flexibility index (Phi) is 9.70. The van der Waals surface area contributed by atoms with E-state index in [0.717, 1.165) is 11.3 Å². The zero-order valence-corrected chi connectivity index (χ0v) is 19.6. The number of hydrogen-bond acceptors (Lipinski definition) is 3. The second kappa shape index (κ2) is 12.2. The van der Waals surface area contributed by atoms with Gasteiger partial charge < -0.3 is 20.9 Å². The molecule has 7 nitrogen and oxygen atoms in total. The molecule has 0 aliphatic carbocycles. The number of halogens is 2. The van der Waals surface area contributed by atoms with Crippen LogP contribution in [0.2, 0.25) is 0 Å². The molecule has 2 aromatic carbocycles. The topological polar surface area (TPSA) is 85.8 Å². The highest BCUT2D eigenvalue weighted by molar-refractivity contribution is 14.0. The first-order valence-electron chi connectivity index (χ1n) is 9.89. The summed E-state index contributed by atoms with van der Waals surface area (Å²) < 4.78 is 12.9. The van der Waals surface area contributed by atoms with Gasteiger partial charge in [0.15, 0.2) is 5.96 Å². The third-order valence-electron chi connectivity index (χ3n) is 4.77. The van der Waals surface area contributed by atoms with Gasteiger partial charge in [-0.1, -0.05) is 30.3 Å². The number of anilines is 1. The maximum atomic E-state index is 12.9. The molecule has 1 aliphatic heterocycles. The number of aliphatic imine (C=N–C) groups is 1. The van der Waals surface area contributed by atoms with E-state index in [1.807, 2.05) is 30.3 Å². The Labute approximate surface area is 198 Å². The summed E-state index contributed by atoms with van der Waals surface area (Å²) in [5.74, 6) is 0.196. The first-order chi connectivity index (χ1) is 14.5. The van der Waals surface area contributed by atoms with E-state index in [1.165, 1.54) is 12.1 Å². The number of carbonyl (C=O) groups excluding carboxylic acids is 2. The minimum Gasteiger partial charge on any atom is -0.355 e. The highest BCUT2D eigenvalue weighted by atomic mass is 127. The number of benzene rings is 2. The Balaban J connectivity index is 0.00000341. The van der Waals surface area contributed by atoms with Crippen molar-refractivity contribution in [2.75, 3.05) is 31.6 Å². The van der Waals surface area contributed by atoms with Crippen molar-refractivity contribution >= 4 is 47.4 Å². The number of para-hydroxylation sites is 1. The van der Waals surface area contributed by atoms with Crippen molar-refractivity contribution in [2.24, 2.45) is 4.99 Å². The van der Waals surface area contributed by atoms with Gasteiger partial charge >= 0.3 is 0 Å². The lowest BCUT2D eigenvalue weighted by Gasteiger charge is -2.19. The van der Waals surface area contributed by atoms with E-state index in [0.29, 0.717) is 32.0 Å². The molecule has 2 aromatic rings. The Hall–Kier alpha value is -2.69. The molecule has 3 N–H and O–H groups in total. The van der Waals surface area contributed by atoms with Gasteiger partial charge in [0.1, 0.15) is 5.82 Å². The van der Waals surface area contributed by atoms with Gasteiger partial charge in [-0.05, 0) is 29.8 Å². The van der Waals surface area contributed by atoms with Gasteiger partial charge in [-0.15, -0.1) is 24.0 Å². The summed E-state index contributed by atoms with van der Waals surface area (Å²) in [6.45, 7) is 1.47. The van der Waals surface area contributed by atoms with Crippen LogP contribution in [0.3, 0.4) is 0 Å². The maximum Gasteiger partial charge on any atom is 0.229 e. The van der Waals surface area contributed by atoms with Crippen molar-refractivity contribution in [3.8, 4) is 0 Å². The quantitative estimate of drug-likeness (QED) is 0.218. The van der Waals surface area contributed by atoms with Crippen LogP contribution >= 0.6 is 24.0 Å². The summed E-state index contributed by atoms with van der Waals surface area (Å²) >= 11 is 0. The van der Waals surface area contributed by atoms with Gasteiger partial charge in [0.05, 0.1) is 12.5 Å². The lowest BCUT2D eigenvalue weighted by Crippen LogP contribution is -2.46. The molecule has 1 aliphatic rings. The van der Waals surface area contributed by atoms with Gasteiger partial charge in [-0.2, -0.15) is 0 Å². The molecule has 0 radical (unpaired) electrons. The van der Waals surface area contributed by atoms with E-state index in [-0.39, 0.29) is 54.1 Å². The molecule has 9 heteroatoms. The van der Waals surface area contributed by atoms with Gasteiger partial charge in [0.2, 0.25) is 11.8 Å². The fourth-order valence-electron chi connectivity index (χ4n) is 3.28. The van der Waals surface area contributed by atoms with Crippen LogP contribution in [-0.4, -0.2) is 50.5 Å². The molecule has 166 valence electrons. The first kappa shape index (κ1) is 24.6. The molecular weight excluding hydrogens is 512 g/mol. The minimum atomic E-state index is -0.321. The summed E-state index contributed by atoms with van der Waals surface area (Å²) in [6, 6.07) is 15.4. The lowest BCUT2D eigenvalue weighted by molar-refractivity contribution is -0.120. The Morgan fingerprint density at radius 1 is 1.10 bits per heavy atom. The number of hydrogen-bond donors (Lipinski definition) is 3. The number of carbonyl (C=O) groups is 2. The van der Waals surface area contributed by atoms with E-state index in [9.17, 15) is 14.0 Å². The SMILES string of the molecule is CN=C(NCCNC(=O)Cc1ccc(F)cc1)NC1CC(=O)N(c2ccccc2)C1.I. The predicted octanol–water partition coefficient (Wildman–Crippen LogP) is 2.07. The Morgan fingerprint density at radius 2 is 1.77 bits per heavy atom. The number of nitrogens with one attached hydrogen (secondary N) is 3. The highest BCUT2D eigenvalue weighted by Crippen LogP contribution is 2.20. The van der Waals surface area contributed by atoms with Gasteiger partial charge in [0, 0.05) is 38.8 Å². The van der Waals surface area contributed by atoms with Crippen molar-refractivity contribution in [3.05, 3.63) is 66.0 Å². The fourth-order valence-corrected chi connectivity index (χ4v) is 3.28. The van der Waals surface area contributed by atoms with Crippen molar-refractivity contribution in [1.82, 2.24) is 16.0 Å². The summed E-state index contributed by atoms with van der Waals surface area (Å²) in [5.41, 5.74) is 1.65. The molecule has 1 atom stereocenters. The number of rotatable bonds is 7. The van der Waals surface area contributed by atoms with Crippen molar-refractivity contribution in [1.29, 1.82) is 0 Å². The average Bonchev–Trinajstić information content (AvgIpc) is 3.12. The van der Waals surface area contributed by atoms with Gasteiger partial charge in [-0.3, -0.25) is 14.6 Å². The molecule has 1 saturated heterocycles. The maximum absolute atomic E-state index is 12.9. The van der Waals surface area contributed by atoms with Crippen molar-refractivity contribution in [3.63, 3.8) is 0 Å². The molecule has 3 rings (SSSR count). The smallest absolute Gasteiger partial charge is 0.229 e. The lowest BCUT2D eigenvalue weighted by atomic mass is 10.1. The third kappa shape index (κ3) is 7.50. The van der Waals surface area contributed by atoms with E-state index in [4.69, 9.17) is 0 Å². The van der Waals surface area contributed by atoms with Crippen LogP contribution in [0.15, 0.2) is 59.6 Å². The molecule has 31 heavy (non-hydrogen) atoms. The largest absolute Gasteiger partial charge is 0.355 e. The van der Waals surface area contributed by atoms with Gasteiger partial charge in [0.25, 0.3) is 0 Å². The number of amides is 2. The van der Waals surface area contributed by atoms with E-state index >= 15 is 0 Å². The minimum absolute atomic E-state index is 0. The number of guanidine groups is 1. The normalized spacial score (nSPS) is 15.9. The molecule has 0 saturated carbocycles. The van der Waals surface area contributed by atoms with E-state index in [1.54, 1.807) is 24.1 Å². The van der Waals surface area contributed by atoms with Crippen LogP contribution in [0, 0.1) is 5.82 Å². The molecule has 1 fully saturated rings. The molecule has 0 bridgehead atoms. The molecule has 0 spiro atoms. The van der Waals surface area contributed by atoms with Crippen LogP contribution in [0.5, 0.6) is 0 Å². The van der Waals surface area contributed by atoms with Gasteiger partial charge in [-0.25, -0.2) is 4.39 Å². The second-order valence-electron chi connectivity index (χ2n) is 7.04. The predicted molar refractivity (Wildman–Crippen MR) is 130 cm³/mol. The summed E-state index contributed by atoms with van der Waals surface area (Å²) in [6.07, 6.45) is 0.594. The molecule has 0 aromatic heterocycles. The molecular formula is C22H27FIN5O2. The molecule has 1 unspecified atom stereocenters. The monoisotopic (exact) mass is 539 g/mol. The molecule has 2 amide bonds. The van der Waals surface area contributed by atoms with Crippen LogP contribution in [-0.2, 0) is 16.0 Å². The van der Waals surface area contributed by atoms with E-state index < -0.39 is 0 Å². The zero-order valence-electron chi connectivity index (χ0n) is 17.3. The van der Waals surface area contributed by atoms with Crippen LogP contribution in [0.4, 0.5) is 10.1 Å².